The number of anilines is 1. The second-order valence-electron chi connectivity index (χ2n) is 4.71. The van der Waals surface area contributed by atoms with Crippen molar-refractivity contribution in [1.82, 2.24) is 5.32 Å². The molecule has 0 aliphatic carbocycles. The van der Waals surface area contributed by atoms with Crippen LogP contribution in [0.2, 0.25) is 0 Å². The van der Waals surface area contributed by atoms with E-state index in [1.165, 1.54) is 0 Å². The van der Waals surface area contributed by atoms with E-state index in [1.54, 1.807) is 0 Å². The standard InChI is InChI=1S/C14H19F3N2O2/c1-11(19(2)12-6-4-3-5-7-12)8-18-13(20)9-21-10-14(15,16)17/h3-7,11H,8-10H2,1-2H3,(H,18,20)/t11-/m1/s1. The Labute approximate surface area is 121 Å². The molecule has 4 nitrogen and oxygen atoms in total. The number of benzene rings is 1. The first-order valence-corrected chi connectivity index (χ1v) is 6.48. The SMILES string of the molecule is C[C@H](CNC(=O)COCC(F)(F)F)N(C)c1ccccc1. The molecule has 0 saturated heterocycles. The highest BCUT2D eigenvalue weighted by Crippen LogP contribution is 2.14. The van der Waals surface area contributed by atoms with E-state index >= 15 is 0 Å². The Kier molecular flexibility index (Phi) is 6.48. The summed E-state index contributed by atoms with van der Waals surface area (Å²) in [7, 11) is 1.88. The summed E-state index contributed by atoms with van der Waals surface area (Å²) >= 11 is 0. The van der Waals surface area contributed by atoms with Crippen molar-refractivity contribution in [1.29, 1.82) is 0 Å². The number of amides is 1. The van der Waals surface area contributed by atoms with E-state index in [2.05, 4.69) is 10.1 Å². The van der Waals surface area contributed by atoms with Crippen molar-refractivity contribution < 1.29 is 22.7 Å². The molecule has 1 atom stereocenters. The van der Waals surface area contributed by atoms with Gasteiger partial charge in [-0.2, -0.15) is 13.2 Å². The van der Waals surface area contributed by atoms with Gasteiger partial charge in [-0.3, -0.25) is 4.79 Å². The van der Waals surface area contributed by atoms with Gasteiger partial charge in [0.05, 0.1) is 0 Å². The monoisotopic (exact) mass is 304 g/mol. The molecule has 1 rings (SSSR count). The molecule has 0 aromatic heterocycles. The van der Waals surface area contributed by atoms with Gasteiger partial charge in [-0.25, -0.2) is 0 Å². The highest BCUT2D eigenvalue weighted by molar-refractivity contribution is 5.77. The molecule has 1 aromatic rings. The van der Waals surface area contributed by atoms with Gasteiger partial charge in [0.2, 0.25) is 5.91 Å². The number of rotatable bonds is 7. The summed E-state index contributed by atoms with van der Waals surface area (Å²) in [6, 6.07) is 9.58. The van der Waals surface area contributed by atoms with Crippen LogP contribution in [0.3, 0.4) is 0 Å². The van der Waals surface area contributed by atoms with Crippen LogP contribution < -0.4 is 10.2 Å². The van der Waals surface area contributed by atoms with E-state index in [0.717, 1.165) is 5.69 Å². The normalized spacial score (nSPS) is 12.8. The summed E-state index contributed by atoms with van der Waals surface area (Å²) in [4.78, 5) is 13.3. The number of likely N-dealkylation sites (N-methyl/N-ethyl adjacent to an activating group) is 1. The molecule has 0 heterocycles. The number of carbonyl (C=O) groups excluding carboxylic acids is 1. The first-order chi connectivity index (χ1) is 9.79. The number of nitrogens with one attached hydrogen (secondary N) is 1. The molecule has 0 saturated carbocycles. The van der Waals surface area contributed by atoms with Crippen LogP contribution in [0.4, 0.5) is 18.9 Å². The van der Waals surface area contributed by atoms with Crippen molar-refractivity contribution in [2.24, 2.45) is 0 Å². The molecule has 7 heteroatoms. The third-order valence-corrected chi connectivity index (χ3v) is 2.92. The number of carbonyl (C=O) groups is 1. The largest absolute Gasteiger partial charge is 0.411 e. The van der Waals surface area contributed by atoms with Gasteiger partial charge in [-0.15, -0.1) is 0 Å². The highest BCUT2D eigenvalue weighted by Gasteiger charge is 2.27. The van der Waals surface area contributed by atoms with E-state index < -0.39 is 25.3 Å². The van der Waals surface area contributed by atoms with E-state index in [4.69, 9.17) is 0 Å². The molecule has 0 unspecified atom stereocenters. The first kappa shape index (κ1) is 17.3. The van der Waals surface area contributed by atoms with Crippen molar-refractivity contribution in [3.63, 3.8) is 0 Å². The zero-order valence-electron chi connectivity index (χ0n) is 12.0. The van der Waals surface area contributed by atoms with Crippen molar-refractivity contribution in [2.45, 2.75) is 19.1 Å². The Bertz CT molecular complexity index is 438. The van der Waals surface area contributed by atoms with Gasteiger partial charge in [0.25, 0.3) is 0 Å². The van der Waals surface area contributed by atoms with Gasteiger partial charge >= 0.3 is 6.18 Å². The zero-order valence-corrected chi connectivity index (χ0v) is 12.0. The van der Waals surface area contributed by atoms with Crippen LogP contribution >= 0.6 is 0 Å². The molecule has 1 aromatic carbocycles. The number of halogens is 3. The lowest BCUT2D eigenvalue weighted by atomic mass is 10.2. The van der Waals surface area contributed by atoms with Gasteiger partial charge < -0.3 is 15.0 Å². The molecule has 0 aliphatic heterocycles. The average Bonchev–Trinajstić information content (AvgIpc) is 2.43. The van der Waals surface area contributed by atoms with E-state index in [9.17, 15) is 18.0 Å². The Morgan fingerprint density at radius 1 is 1.33 bits per heavy atom. The third-order valence-electron chi connectivity index (χ3n) is 2.92. The van der Waals surface area contributed by atoms with Gasteiger partial charge in [-0.05, 0) is 19.1 Å². The lowest BCUT2D eigenvalue weighted by molar-refractivity contribution is -0.175. The second kappa shape index (κ2) is 7.87. The van der Waals surface area contributed by atoms with E-state index in [-0.39, 0.29) is 6.04 Å². The van der Waals surface area contributed by atoms with Gasteiger partial charge in [0, 0.05) is 25.3 Å². The minimum atomic E-state index is -4.42. The molecule has 0 aliphatic rings. The summed E-state index contributed by atoms with van der Waals surface area (Å²) in [5.74, 6) is -0.562. The summed E-state index contributed by atoms with van der Waals surface area (Å²) in [6.07, 6.45) is -4.42. The van der Waals surface area contributed by atoms with E-state index in [0.29, 0.717) is 6.54 Å². The first-order valence-electron chi connectivity index (χ1n) is 6.48. The van der Waals surface area contributed by atoms with Crippen molar-refractivity contribution in [3.05, 3.63) is 30.3 Å². The molecule has 118 valence electrons. The van der Waals surface area contributed by atoms with Crippen LogP contribution in [0.15, 0.2) is 30.3 Å². The van der Waals surface area contributed by atoms with Gasteiger partial charge in [0.15, 0.2) is 0 Å². The topological polar surface area (TPSA) is 41.6 Å². The molecule has 1 amide bonds. The maximum atomic E-state index is 11.9. The average molecular weight is 304 g/mol. The van der Waals surface area contributed by atoms with Crippen molar-refractivity contribution >= 4 is 11.6 Å². The highest BCUT2D eigenvalue weighted by atomic mass is 19.4. The lowest BCUT2D eigenvalue weighted by Crippen LogP contribution is -2.41. The van der Waals surface area contributed by atoms with Crippen LogP contribution in [0.5, 0.6) is 0 Å². The van der Waals surface area contributed by atoms with E-state index in [1.807, 2.05) is 49.2 Å². The smallest absolute Gasteiger partial charge is 0.370 e. The maximum Gasteiger partial charge on any atom is 0.411 e. The number of hydrogen-bond acceptors (Lipinski definition) is 3. The Hall–Kier alpha value is -1.76. The molecule has 0 spiro atoms. The molecule has 0 bridgehead atoms. The van der Waals surface area contributed by atoms with Crippen LogP contribution in [-0.4, -0.2) is 44.9 Å². The van der Waals surface area contributed by atoms with Crippen molar-refractivity contribution in [2.75, 3.05) is 31.7 Å². The Balaban J connectivity index is 2.29. The summed E-state index contributed by atoms with van der Waals surface area (Å²) in [5.41, 5.74) is 0.993. The molecular formula is C14H19F3N2O2. The quantitative estimate of drug-likeness (QED) is 0.840. The van der Waals surface area contributed by atoms with Crippen LogP contribution in [0.1, 0.15) is 6.92 Å². The zero-order chi connectivity index (χ0) is 15.9. The summed E-state index contributed by atoms with van der Waals surface area (Å²) in [6.45, 7) is 0.213. The van der Waals surface area contributed by atoms with Crippen LogP contribution in [0.25, 0.3) is 0 Å². The Morgan fingerprint density at radius 2 is 1.95 bits per heavy atom. The summed E-state index contributed by atoms with van der Waals surface area (Å²) in [5, 5.41) is 2.55. The fourth-order valence-electron chi connectivity index (χ4n) is 1.63. The number of para-hydroxylation sites is 1. The maximum absolute atomic E-state index is 11.9. The number of ether oxygens (including phenoxy) is 1. The minimum Gasteiger partial charge on any atom is -0.370 e. The van der Waals surface area contributed by atoms with Gasteiger partial charge in [-0.1, -0.05) is 18.2 Å². The fraction of sp³-hybridized carbons (Fsp3) is 0.500. The second-order valence-corrected chi connectivity index (χ2v) is 4.71. The Morgan fingerprint density at radius 3 is 2.52 bits per heavy atom. The lowest BCUT2D eigenvalue weighted by Gasteiger charge is -2.27. The predicted molar refractivity (Wildman–Crippen MR) is 74.2 cm³/mol. The number of hydrogen-bond donors (Lipinski definition) is 1. The number of nitrogens with zero attached hydrogens (tertiary/aromatic N) is 1. The van der Waals surface area contributed by atoms with Crippen molar-refractivity contribution in [3.8, 4) is 0 Å². The molecule has 1 N–H and O–H groups in total. The molecule has 21 heavy (non-hydrogen) atoms. The summed E-state index contributed by atoms with van der Waals surface area (Å²) < 4.78 is 39.8. The van der Waals surface area contributed by atoms with Gasteiger partial charge in [0.1, 0.15) is 13.2 Å². The molecule has 0 radical (unpaired) electrons. The molecule has 0 fully saturated rings. The third kappa shape index (κ3) is 6.99. The minimum absolute atomic E-state index is 0.000957. The van der Waals surface area contributed by atoms with Crippen LogP contribution in [0, 0.1) is 0 Å². The van der Waals surface area contributed by atoms with Crippen LogP contribution in [-0.2, 0) is 9.53 Å². The fourth-order valence-corrected chi connectivity index (χ4v) is 1.63. The predicted octanol–water partition coefficient (Wildman–Crippen LogP) is 2.21. The molecular weight excluding hydrogens is 285 g/mol. The number of alkyl halides is 3.